The summed E-state index contributed by atoms with van der Waals surface area (Å²) in [4.78, 5) is 11.5. The predicted octanol–water partition coefficient (Wildman–Crippen LogP) is 1.01. The molecule has 0 aliphatic rings. The van der Waals surface area contributed by atoms with Crippen molar-refractivity contribution in [2.45, 2.75) is 0 Å². The zero-order valence-corrected chi connectivity index (χ0v) is 10.8. The molecule has 1 amide bonds. The van der Waals surface area contributed by atoms with E-state index in [4.69, 9.17) is 14.2 Å². The normalized spacial score (nSPS) is 9.72. The van der Waals surface area contributed by atoms with Crippen LogP contribution in [0, 0.1) is 0 Å². The van der Waals surface area contributed by atoms with Crippen LogP contribution in [0.25, 0.3) is 0 Å². The Bertz CT molecular complexity index is 396. The maximum Gasteiger partial charge on any atom is 0.412 e. The van der Waals surface area contributed by atoms with Crippen LogP contribution in [0.5, 0.6) is 17.2 Å². The number of rotatable bonds is 6. The van der Waals surface area contributed by atoms with Gasteiger partial charge in [0, 0.05) is 13.1 Å². The molecule has 0 radical (unpaired) electrons. The van der Waals surface area contributed by atoms with Crippen molar-refractivity contribution in [2.75, 3.05) is 34.4 Å². The summed E-state index contributed by atoms with van der Waals surface area (Å²) in [6.45, 7) is 1.16. The van der Waals surface area contributed by atoms with Gasteiger partial charge in [0.05, 0.1) is 14.2 Å². The van der Waals surface area contributed by atoms with Crippen molar-refractivity contribution in [3.05, 3.63) is 18.2 Å². The summed E-state index contributed by atoms with van der Waals surface area (Å²) in [6.07, 6.45) is -0.531. The van der Waals surface area contributed by atoms with Gasteiger partial charge in [0.1, 0.15) is 0 Å². The van der Waals surface area contributed by atoms with Crippen molar-refractivity contribution >= 4 is 6.09 Å². The highest BCUT2D eigenvalue weighted by molar-refractivity contribution is 5.72. The lowest BCUT2D eigenvalue weighted by molar-refractivity contribution is 0.198. The number of para-hydroxylation sites is 1. The van der Waals surface area contributed by atoms with E-state index in [0.29, 0.717) is 30.3 Å². The maximum atomic E-state index is 11.5. The van der Waals surface area contributed by atoms with Gasteiger partial charge < -0.3 is 24.8 Å². The van der Waals surface area contributed by atoms with Gasteiger partial charge in [0.15, 0.2) is 11.5 Å². The van der Waals surface area contributed by atoms with Crippen LogP contribution in [0.4, 0.5) is 4.79 Å². The molecule has 6 heteroatoms. The predicted molar refractivity (Wildman–Crippen MR) is 67.5 cm³/mol. The summed E-state index contributed by atoms with van der Waals surface area (Å²) in [5, 5.41) is 5.51. The van der Waals surface area contributed by atoms with Crippen molar-refractivity contribution < 1.29 is 19.0 Å². The zero-order chi connectivity index (χ0) is 13.4. The molecule has 0 aliphatic carbocycles. The third-order valence-corrected chi connectivity index (χ3v) is 2.21. The first-order valence-electron chi connectivity index (χ1n) is 5.54. The summed E-state index contributed by atoms with van der Waals surface area (Å²) in [5.74, 6) is 1.22. The summed E-state index contributed by atoms with van der Waals surface area (Å²) in [7, 11) is 4.82. The van der Waals surface area contributed by atoms with Crippen LogP contribution in [0.3, 0.4) is 0 Å². The Balaban J connectivity index is 2.68. The Morgan fingerprint density at radius 3 is 2.50 bits per heavy atom. The Morgan fingerprint density at radius 1 is 1.17 bits per heavy atom. The van der Waals surface area contributed by atoms with E-state index >= 15 is 0 Å². The third kappa shape index (κ3) is 3.81. The highest BCUT2D eigenvalue weighted by Crippen LogP contribution is 2.36. The number of benzene rings is 1. The lowest BCUT2D eigenvalue weighted by Gasteiger charge is -2.12. The number of amides is 1. The second-order valence-corrected chi connectivity index (χ2v) is 3.41. The molecule has 0 saturated heterocycles. The number of hydrogen-bond donors (Lipinski definition) is 2. The summed E-state index contributed by atoms with van der Waals surface area (Å²) in [5.41, 5.74) is 0. The fourth-order valence-electron chi connectivity index (χ4n) is 1.36. The smallest absolute Gasteiger partial charge is 0.412 e. The molecule has 0 aromatic heterocycles. The Morgan fingerprint density at radius 2 is 1.89 bits per heavy atom. The Kier molecular flexibility index (Phi) is 5.79. The average Bonchev–Trinajstić information content (AvgIpc) is 2.38. The third-order valence-electron chi connectivity index (χ3n) is 2.21. The van der Waals surface area contributed by atoms with Crippen LogP contribution in [0.2, 0.25) is 0 Å². The van der Waals surface area contributed by atoms with Crippen molar-refractivity contribution in [1.29, 1.82) is 0 Å². The number of methoxy groups -OCH3 is 2. The van der Waals surface area contributed by atoms with E-state index in [0.717, 1.165) is 0 Å². The molecule has 0 unspecified atom stereocenters. The van der Waals surface area contributed by atoms with Crippen molar-refractivity contribution in [3.63, 3.8) is 0 Å². The number of ether oxygens (including phenoxy) is 3. The van der Waals surface area contributed by atoms with Gasteiger partial charge in [-0.25, -0.2) is 4.79 Å². The van der Waals surface area contributed by atoms with Crippen molar-refractivity contribution in [1.82, 2.24) is 10.6 Å². The van der Waals surface area contributed by atoms with Crippen LogP contribution in [-0.2, 0) is 0 Å². The molecule has 0 fully saturated rings. The fraction of sp³-hybridized carbons (Fsp3) is 0.417. The van der Waals surface area contributed by atoms with E-state index in [2.05, 4.69) is 10.6 Å². The summed E-state index contributed by atoms with van der Waals surface area (Å²) in [6, 6.07) is 5.08. The van der Waals surface area contributed by atoms with Gasteiger partial charge in [-0.05, 0) is 19.2 Å². The van der Waals surface area contributed by atoms with Crippen molar-refractivity contribution in [3.8, 4) is 17.2 Å². The molecule has 0 saturated carbocycles. The van der Waals surface area contributed by atoms with E-state index in [1.165, 1.54) is 14.2 Å². The van der Waals surface area contributed by atoms with E-state index in [9.17, 15) is 4.79 Å². The Hall–Kier alpha value is -1.95. The summed E-state index contributed by atoms with van der Waals surface area (Å²) < 4.78 is 15.4. The van der Waals surface area contributed by atoms with Gasteiger partial charge in [0.2, 0.25) is 5.75 Å². The standard InChI is InChI=1S/C12H18N2O4/c1-13-7-8-14-12(15)18-10-6-4-5-9(16-2)11(10)17-3/h4-6,13H,7-8H2,1-3H3,(H,14,15). The first-order chi connectivity index (χ1) is 8.72. The van der Waals surface area contributed by atoms with E-state index in [-0.39, 0.29) is 0 Å². The average molecular weight is 254 g/mol. The van der Waals surface area contributed by atoms with E-state index in [1.54, 1.807) is 25.2 Å². The molecule has 0 heterocycles. The molecule has 18 heavy (non-hydrogen) atoms. The van der Waals surface area contributed by atoms with Crippen LogP contribution in [0.1, 0.15) is 0 Å². The molecular weight excluding hydrogens is 236 g/mol. The van der Waals surface area contributed by atoms with Crippen LogP contribution in [0.15, 0.2) is 18.2 Å². The molecule has 2 N–H and O–H groups in total. The zero-order valence-electron chi connectivity index (χ0n) is 10.8. The van der Waals surface area contributed by atoms with Gasteiger partial charge in [0.25, 0.3) is 0 Å². The second kappa shape index (κ2) is 7.39. The lowest BCUT2D eigenvalue weighted by atomic mass is 10.3. The van der Waals surface area contributed by atoms with Crippen LogP contribution < -0.4 is 24.8 Å². The maximum absolute atomic E-state index is 11.5. The second-order valence-electron chi connectivity index (χ2n) is 3.41. The molecule has 0 bridgehead atoms. The first kappa shape index (κ1) is 14.1. The van der Waals surface area contributed by atoms with Crippen LogP contribution in [-0.4, -0.2) is 40.5 Å². The van der Waals surface area contributed by atoms with Crippen molar-refractivity contribution in [2.24, 2.45) is 0 Å². The van der Waals surface area contributed by atoms with Gasteiger partial charge in [-0.1, -0.05) is 6.07 Å². The minimum absolute atomic E-state index is 0.318. The summed E-state index contributed by atoms with van der Waals surface area (Å²) >= 11 is 0. The molecule has 1 aromatic carbocycles. The van der Waals surface area contributed by atoms with E-state index in [1.807, 2.05) is 0 Å². The molecule has 0 aliphatic heterocycles. The molecule has 0 spiro atoms. The minimum Gasteiger partial charge on any atom is -0.493 e. The number of likely N-dealkylation sites (N-methyl/N-ethyl adjacent to an activating group) is 1. The SMILES string of the molecule is CNCCNC(=O)Oc1cccc(OC)c1OC. The fourth-order valence-corrected chi connectivity index (χ4v) is 1.36. The number of carbonyl (C=O) groups excluding carboxylic acids is 1. The molecular formula is C12H18N2O4. The lowest BCUT2D eigenvalue weighted by Crippen LogP contribution is -2.32. The monoisotopic (exact) mass is 254 g/mol. The van der Waals surface area contributed by atoms with Crippen LogP contribution >= 0.6 is 0 Å². The molecule has 100 valence electrons. The largest absolute Gasteiger partial charge is 0.493 e. The van der Waals surface area contributed by atoms with Gasteiger partial charge in [-0.2, -0.15) is 0 Å². The molecule has 6 nitrogen and oxygen atoms in total. The minimum atomic E-state index is -0.531. The molecule has 1 rings (SSSR count). The highest BCUT2D eigenvalue weighted by atomic mass is 16.6. The topological polar surface area (TPSA) is 68.8 Å². The van der Waals surface area contributed by atoms with Gasteiger partial charge in [-0.3, -0.25) is 0 Å². The Labute approximate surface area is 106 Å². The number of carbonyl (C=O) groups is 1. The van der Waals surface area contributed by atoms with E-state index < -0.39 is 6.09 Å². The number of hydrogen-bond acceptors (Lipinski definition) is 5. The van der Waals surface area contributed by atoms with Gasteiger partial charge >= 0.3 is 6.09 Å². The number of nitrogens with one attached hydrogen (secondary N) is 2. The highest BCUT2D eigenvalue weighted by Gasteiger charge is 2.13. The first-order valence-corrected chi connectivity index (χ1v) is 5.54. The molecule has 0 atom stereocenters. The molecule has 1 aromatic rings. The van der Waals surface area contributed by atoms with Gasteiger partial charge in [-0.15, -0.1) is 0 Å². The quantitative estimate of drug-likeness (QED) is 0.742.